The van der Waals surface area contributed by atoms with Crippen molar-refractivity contribution in [3.8, 4) is 0 Å². The predicted molar refractivity (Wildman–Crippen MR) is 68.7 cm³/mol. The lowest BCUT2D eigenvalue weighted by Gasteiger charge is -2.22. The van der Waals surface area contributed by atoms with Crippen LogP contribution in [-0.2, 0) is 4.79 Å². The van der Waals surface area contributed by atoms with Gasteiger partial charge in [-0.25, -0.2) is 0 Å². The van der Waals surface area contributed by atoms with Crippen LogP contribution in [0.15, 0.2) is 30.3 Å². The molecule has 3 nitrogen and oxygen atoms in total. The van der Waals surface area contributed by atoms with Gasteiger partial charge in [-0.3, -0.25) is 4.79 Å². The van der Waals surface area contributed by atoms with Gasteiger partial charge in [0, 0.05) is 6.54 Å². The summed E-state index contributed by atoms with van der Waals surface area (Å²) in [6.45, 7) is 4.46. The molecule has 0 bridgehead atoms. The maximum absolute atomic E-state index is 12.1. The van der Waals surface area contributed by atoms with E-state index in [0.29, 0.717) is 6.54 Å². The van der Waals surface area contributed by atoms with E-state index in [2.05, 4.69) is 19.2 Å². The summed E-state index contributed by atoms with van der Waals surface area (Å²) < 4.78 is 0. The van der Waals surface area contributed by atoms with Crippen LogP contribution < -0.4 is 5.32 Å². The molecule has 3 heteroatoms. The summed E-state index contributed by atoms with van der Waals surface area (Å²) in [5.41, 5.74) is 1.04. The molecule has 0 aliphatic carbocycles. The van der Waals surface area contributed by atoms with Gasteiger partial charge in [0.1, 0.15) is 0 Å². The molecule has 94 valence electrons. The summed E-state index contributed by atoms with van der Waals surface area (Å²) in [5.74, 6) is 0.156. The molecule has 0 heterocycles. The summed E-state index contributed by atoms with van der Waals surface area (Å²) in [6, 6.07) is 9.81. The fourth-order valence-electron chi connectivity index (χ4n) is 1.92. The van der Waals surface area contributed by atoms with Gasteiger partial charge in [-0.2, -0.15) is 0 Å². The van der Waals surface area contributed by atoms with Crippen molar-refractivity contribution in [3.05, 3.63) is 35.9 Å². The topological polar surface area (TPSA) is 49.3 Å². The van der Waals surface area contributed by atoms with E-state index in [1.54, 1.807) is 0 Å². The van der Waals surface area contributed by atoms with Crippen LogP contribution in [0.1, 0.15) is 31.7 Å². The van der Waals surface area contributed by atoms with Gasteiger partial charge in [0.05, 0.1) is 12.5 Å². The highest BCUT2D eigenvalue weighted by atomic mass is 16.3. The number of rotatable bonds is 6. The van der Waals surface area contributed by atoms with Crippen molar-refractivity contribution in [2.24, 2.45) is 5.92 Å². The van der Waals surface area contributed by atoms with E-state index in [1.165, 1.54) is 0 Å². The van der Waals surface area contributed by atoms with Crippen LogP contribution in [0.2, 0.25) is 0 Å². The highest BCUT2D eigenvalue weighted by Gasteiger charge is 2.25. The number of hydrogen-bond donors (Lipinski definition) is 2. The van der Waals surface area contributed by atoms with Crippen LogP contribution in [0.3, 0.4) is 0 Å². The Morgan fingerprint density at radius 3 is 2.53 bits per heavy atom. The minimum atomic E-state index is -0.132. The molecule has 0 saturated heterocycles. The van der Waals surface area contributed by atoms with Gasteiger partial charge in [-0.05, 0) is 11.5 Å². The molecule has 0 aliphatic rings. The quantitative estimate of drug-likeness (QED) is 0.791. The van der Waals surface area contributed by atoms with Gasteiger partial charge in [0.2, 0.25) is 5.91 Å². The Labute approximate surface area is 103 Å². The average molecular weight is 235 g/mol. The first kappa shape index (κ1) is 13.7. The highest BCUT2D eigenvalue weighted by Crippen LogP contribution is 2.26. The Bertz CT molecular complexity index is 337. The third-order valence-corrected chi connectivity index (χ3v) is 3.07. The molecule has 1 aromatic carbocycles. The van der Waals surface area contributed by atoms with Crippen LogP contribution in [0.4, 0.5) is 0 Å². The Morgan fingerprint density at radius 2 is 2.00 bits per heavy atom. The predicted octanol–water partition coefficient (Wildman–Crippen LogP) is 1.92. The number of hydrogen-bond acceptors (Lipinski definition) is 2. The molecule has 0 spiro atoms. The standard InChI is InChI=1S/C14H21NO2/c1-3-11(2)13(14(17)15-9-10-16)12-7-5-4-6-8-12/h4-8,11,13,16H,3,9-10H2,1-2H3,(H,15,17). The summed E-state index contributed by atoms with van der Waals surface area (Å²) in [5, 5.41) is 11.5. The van der Waals surface area contributed by atoms with Crippen molar-refractivity contribution in [2.45, 2.75) is 26.2 Å². The number of carbonyl (C=O) groups excluding carboxylic acids is 1. The second-order valence-corrected chi connectivity index (χ2v) is 4.29. The van der Waals surface area contributed by atoms with Crippen molar-refractivity contribution in [3.63, 3.8) is 0 Å². The van der Waals surface area contributed by atoms with Crippen LogP contribution in [0.5, 0.6) is 0 Å². The lowest BCUT2D eigenvalue weighted by atomic mass is 9.85. The fraction of sp³-hybridized carbons (Fsp3) is 0.500. The Kier molecular flexibility index (Phi) is 5.70. The Morgan fingerprint density at radius 1 is 1.35 bits per heavy atom. The van der Waals surface area contributed by atoms with Crippen molar-refractivity contribution < 1.29 is 9.90 Å². The SMILES string of the molecule is CCC(C)C(C(=O)NCCO)c1ccccc1. The number of carbonyl (C=O) groups is 1. The maximum Gasteiger partial charge on any atom is 0.227 e. The van der Waals surface area contributed by atoms with Crippen molar-refractivity contribution in [2.75, 3.05) is 13.2 Å². The van der Waals surface area contributed by atoms with E-state index in [1.807, 2.05) is 30.3 Å². The molecule has 0 saturated carbocycles. The summed E-state index contributed by atoms with van der Waals surface area (Å²) in [6.07, 6.45) is 0.951. The third kappa shape index (κ3) is 3.86. The van der Waals surface area contributed by atoms with E-state index < -0.39 is 0 Å². The van der Waals surface area contributed by atoms with Gasteiger partial charge in [-0.15, -0.1) is 0 Å². The lowest BCUT2D eigenvalue weighted by molar-refractivity contribution is -0.123. The van der Waals surface area contributed by atoms with E-state index in [0.717, 1.165) is 12.0 Å². The number of nitrogens with one attached hydrogen (secondary N) is 1. The molecule has 2 atom stereocenters. The zero-order chi connectivity index (χ0) is 12.7. The molecule has 0 aromatic heterocycles. The molecular weight excluding hydrogens is 214 g/mol. The number of amides is 1. The molecule has 2 N–H and O–H groups in total. The monoisotopic (exact) mass is 235 g/mol. The molecule has 0 aliphatic heterocycles. The molecule has 1 rings (SSSR count). The fourth-order valence-corrected chi connectivity index (χ4v) is 1.92. The van der Waals surface area contributed by atoms with Crippen LogP contribution in [0.25, 0.3) is 0 Å². The van der Waals surface area contributed by atoms with Crippen molar-refractivity contribution in [1.82, 2.24) is 5.32 Å². The van der Waals surface area contributed by atoms with Gasteiger partial charge in [0.15, 0.2) is 0 Å². The second kappa shape index (κ2) is 7.07. The molecule has 2 unspecified atom stereocenters. The van der Waals surface area contributed by atoms with Gasteiger partial charge >= 0.3 is 0 Å². The smallest absolute Gasteiger partial charge is 0.227 e. The van der Waals surface area contributed by atoms with Crippen molar-refractivity contribution >= 4 is 5.91 Å². The van der Waals surface area contributed by atoms with Crippen LogP contribution in [-0.4, -0.2) is 24.2 Å². The largest absolute Gasteiger partial charge is 0.395 e. The van der Waals surface area contributed by atoms with Crippen molar-refractivity contribution in [1.29, 1.82) is 0 Å². The molecule has 1 amide bonds. The zero-order valence-corrected chi connectivity index (χ0v) is 10.5. The summed E-state index contributed by atoms with van der Waals surface area (Å²) in [7, 11) is 0. The molecule has 1 aromatic rings. The first-order valence-electron chi connectivity index (χ1n) is 6.14. The van der Waals surface area contributed by atoms with E-state index >= 15 is 0 Å². The lowest BCUT2D eigenvalue weighted by Crippen LogP contribution is -2.34. The van der Waals surface area contributed by atoms with E-state index in [9.17, 15) is 4.79 Å². The minimum absolute atomic E-state index is 0.000370. The van der Waals surface area contributed by atoms with Gasteiger partial charge in [0.25, 0.3) is 0 Å². The highest BCUT2D eigenvalue weighted by molar-refractivity contribution is 5.83. The Hall–Kier alpha value is -1.35. The summed E-state index contributed by atoms with van der Waals surface area (Å²) >= 11 is 0. The second-order valence-electron chi connectivity index (χ2n) is 4.29. The van der Waals surface area contributed by atoms with Crippen LogP contribution >= 0.6 is 0 Å². The third-order valence-electron chi connectivity index (χ3n) is 3.07. The van der Waals surface area contributed by atoms with Crippen LogP contribution in [0, 0.1) is 5.92 Å². The number of aliphatic hydroxyl groups excluding tert-OH is 1. The first-order chi connectivity index (χ1) is 8.20. The first-order valence-corrected chi connectivity index (χ1v) is 6.14. The zero-order valence-electron chi connectivity index (χ0n) is 10.5. The molecule has 17 heavy (non-hydrogen) atoms. The Balaban J connectivity index is 2.85. The number of aliphatic hydroxyl groups is 1. The molecule has 0 fully saturated rings. The average Bonchev–Trinajstić information content (AvgIpc) is 2.37. The van der Waals surface area contributed by atoms with Gasteiger partial charge in [-0.1, -0.05) is 50.6 Å². The maximum atomic E-state index is 12.1. The minimum Gasteiger partial charge on any atom is -0.395 e. The summed E-state index contributed by atoms with van der Waals surface area (Å²) in [4.78, 5) is 12.1. The molecular formula is C14H21NO2. The van der Waals surface area contributed by atoms with Gasteiger partial charge < -0.3 is 10.4 Å². The normalized spacial score (nSPS) is 14.1. The van der Waals surface area contributed by atoms with E-state index in [4.69, 9.17) is 5.11 Å². The molecule has 0 radical (unpaired) electrons. The van der Waals surface area contributed by atoms with E-state index in [-0.39, 0.29) is 24.3 Å². The number of benzene rings is 1.